The van der Waals surface area contributed by atoms with Crippen LogP contribution < -0.4 is 16.0 Å². The van der Waals surface area contributed by atoms with Crippen LogP contribution >= 0.6 is 0 Å². The van der Waals surface area contributed by atoms with Crippen molar-refractivity contribution in [3.8, 4) is 17.3 Å². The van der Waals surface area contributed by atoms with Crippen LogP contribution in [0, 0.1) is 0 Å². The molecule has 1 aliphatic rings. The van der Waals surface area contributed by atoms with Gasteiger partial charge in [0.1, 0.15) is 22.8 Å². The first-order valence-electron chi connectivity index (χ1n) is 13.3. The lowest BCUT2D eigenvalue weighted by atomic mass is 10.2. The van der Waals surface area contributed by atoms with Gasteiger partial charge in [0.2, 0.25) is 15.9 Å². The number of sulfonamides is 1. The Labute approximate surface area is 241 Å². The summed E-state index contributed by atoms with van der Waals surface area (Å²) in [5.74, 6) is -0.938. The molecule has 5 heterocycles. The average molecular weight is 598 g/mol. The number of nitrogens with zero attached hydrogens (tertiary/aromatic N) is 7. The number of carbonyl (C=O) groups is 1. The number of aromatic amines is 1. The topological polar surface area (TPSA) is 192 Å². The number of H-pyrrole nitrogens is 1. The first-order chi connectivity index (χ1) is 20.2. The van der Waals surface area contributed by atoms with E-state index in [2.05, 4.69) is 29.9 Å². The summed E-state index contributed by atoms with van der Waals surface area (Å²) >= 11 is 0. The number of primary amides is 1. The van der Waals surface area contributed by atoms with E-state index in [9.17, 15) is 18.0 Å². The van der Waals surface area contributed by atoms with Crippen LogP contribution in [0.4, 0.5) is 0 Å². The van der Waals surface area contributed by atoms with Crippen LogP contribution in [0.15, 0.2) is 46.3 Å². The van der Waals surface area contributed by atoms with Gasteiger partial charge in [-0.15, -0.1) is 0 Å². The predicted molar refractivity (Wildman–Crippen MR) is 151 cm³/mol. The number of nitrogens with one attached hydrogen (secondary N) is 1. The third-order valence-corrected chi connectivity index (χ3v) is 8.76. The predicted octanol–water partition coefficient (Wildman–Crippen LogP) is 0.0752. The van der Waals surface area contributed by atoms with Crippen molar-refractivity contribution in [2.45, 2.75) is 18.4 Å². The van der Waals surface area contributed by atoms with Crippen LogP contribution in [0.2, 0.25) is 0 Å². The molecule has 222 valence electrons. The lowest BCUT2D eigenvalue weighted by Crippen LogP contribution is -2.48. The second kappa shape index (κ2) is 12.3. The Morgan fingerprint density at radius 3 is 2.60 bits per heavy atom. The minimum absolute atomic E-state index is 0.00517. The molecule has 5 rings (SSSR count). The van der Waals surface area contributed by atoms with Crippen molar-refractivity contribution in [1.29, 1.82) is 0 Å². The van der Waals surface area contributed by atoms with Crippen LogP contribution in [0.1, 0.15) is 23.1 Å². The summed E-state index contributed by atoms with van der Waals surface area (Å²) in [5.41, 5.74) is 5.40. The van der Waals surface area contributed by atoms with E-state index >= 15 is 0 Å². The highest BCUT2D eigenvalue weighted by atomic mass is 32.2. The molecule has 4 aromatic rings. The summed E-state index contributed by atoms with van der Waals surface area (Å²) in [7, 11) is -2.42. The molecule has 0 saturated carbocycles. The normalized spacial score (nSPS) is 14.8. The number of rotatable bonds is 11. The number of amides is 1. The Balaban J connectivity index is 1.61. The number of hydrogen-bond donors (Lipinski definition) is 2. The molecule has 0 bridgehead atoms. The highest BCUT2D eigenvalue weighted by Gasteiger charge is 2.30. The van der Waals surface area contributed by atoms with Crippen molar-refractivity contribution >= 4 is 27.0 Å². The van der Waals surface area contributed by atoms with Gasteiger partial charge in [-0.1, -0.05) is 13.0 Å². The summed E-state index contributed by atoms with van der Waals surface area (Å²) in [5, 5.41) is 4.24. The largest absolute Gasteiger partial charge is 0.475 e. The lowest BCUT2D eigenvalue weighted by molar-refractivity contribution is 0.0996. The minimum atomic E-state index is -3.92. The van der Waals surface area contributed by atoms with E-state index in [4.69, 9.17) is 15.2 Å². The maximum Gasteiger partial charge on any atom is 0.277 e. The smallest absolute Gasteiger partial charge is 0.277 e. The van der Waals surface area contributed by atoms with Gasteiger partial charge in [0.05, 0.1) is 30.6 Å². The van der Waals surface area contributed by atoms with E-state index < -0.39 is 21.5 Å². The van der Waals surface area contributed by atoms with E-state index in [1.807, 2.05) is 6.92 Å². The molecule has 0 radical (unpaired) electrons. The molecule has 3 N–H and O–H groups in total. The molecule has 42 heavy (non-hydrogen) atoms. The van der Waals surface area contributed by atoms with Crippen molar-refractivity contribution in [2.75, 3.05) is 53.0 Å². The summed E-state index contributed by atoms with van der Waals surface area (Å²) in [6.45, 7) is 5.16. The van der Waals surface area contributed by atoms with E-state index in [0.29, 0.717) is 31.9 Å². The van der Waals surface area contributed by atoms with Gasteiger partial charge in [-0.2, -0.15) is 9.40 Å². The molecule has 0 spiro atoms. The van der Waals surface area contributed by atoms with Gasteiger partial charge in [-0.25, -0.2) is 18.4 Å². The zero-order valence-corrected chi connectivity index (χ0v) is 24.0. The van der Waals surface area contributed by atoms with Crippen LogP contribution in [0.25, 0.3) is 22.4 Å². The van der Waals surface area contributed by atoms with Gasteiger partial charge in [-0.05, 0) is 24.7 Å². The number of fused-ring (bicyclic) bond motifs is 1. The molecule has 0 aliphatic carbocycles. The molecule has 0 atom stereocenters. The SMILES string of the molecule is CCN1CCN(S(=O)(=O)c2cnc(OCCOC)c(-c3nc4c(C(N)=O)nn(Cc5ccccn5)c4c(=O)[nH]3)c2)CC1. The van der Waals surface area contributed by atoms with E-state index in [1.54, 1.807) is 24.4 Å². The fourth-order valence-corrected chi connectivity index (χ4v) is 6.05. The summed E-state index contributed by atoms with van der Waals surface area (Å²) in [4.78, 5) is 43.5. The highest BCUT2D eigenvalue weighted by molar-refractivity contribution is 7.89. The Bertz CT molecular complexity index is 1750. The number of aromatic nitrogens is 6. The Morgan fingerprint density at radius 1 is 1.14 bits per heavy atom. The fourth-order valence-electron chi connectivity index (χ4n) is 4.66. The zero-order chi connectivity index (χ0) is 29.9. The molecule has 4 aromatic heterocycles. The van der Waals surface area contributed by atoms with E-state index in [-0.39, 0.29) is 58.6 Å². The molecular formula is C26H31N9O6S. The number of carbonyl (C=O) groups excluding carboxylic acids is 1. The zero-order valence-electron chi connectivity index (χ0n) is 23.2. The molecule has 15 nitrogen and oxygen atoms in total. The number of nitrogens with two attached hydrogens (primary N) is 1. The van der Waals surface area contributed by atoms with Gasteiger partial charge >= 0.3 is 0 Å². The maximum absolute atomic E-state index is 13.6. The highest BCUT2D eigenvalue weighted by Crippen LogP contribution is 2.30. The first-order valence-corrected chi connectivity index (χ1v) is 14.7. The first kappa shape index (κ1) is 29.2. The third kappa shape index (κ3) is 5.87. The Hall–Kier alpha value is -4.25. The van der Waals surface area contributed by atoms with Crippen molar-refractivity contribution < 1.29 is 22.7 Å². The van der Waals surface area contributed by atoms with Gasteiger partial charge in [0, 0.05) is 39.5 Å². The molecule has 1 fully saturated rings. The fraction of sp³-hybridized carbons (Fsp3) is 0.385. The van der Waals surface area contributed by atoms with Gasteiger partial charge in [-0.3, -0.25) is 19.3 Å². The number of methoxy groups -OCH3 is 1. The lowest BCUT2D eigenvalue weighted by Gasteiger charge is -2.33. The maximum atomic E-state index is 13.6. The molecule has 1 aliphatic heterocycles. The van der Waals surface area contributed by atoms with E-state index in [1.165, 1.54) is 28.4 Å². The van der Waals surface area contributed by atoms with Crippen molar-refractivity contribution in [1.82, 2.24) is 38.9 Å². The molecule has 1 saturated heterocycles. The minimum Gasteiger partial charge on any atom is -0.475 e. The van der Waals surface area contributed by atoms with Crippen molar-refractivity contribution in [2.24, 2.45) is 5.73 Å². The number of pyridine rings is 2. The quantitative estimate of drug-likeness (QED) is 0.222. The second-order valence-corrected chi connectivity index (χ2v) is 11.4. The van der Waals surface area contributed by atoms with Crippen LogP contribution in [-0.2, 0) is 21.3 Å². The van der Waals surface area contributed by atoms with Crippen LogP contribution in [0.3, 0.4) is 0 Å². The number of piperazine rings is 1. The van der Waals surface area contributed by atoms with Gasteiger partial charge in [0.15, 0.2) is 11.2 Å². The van der Waals surface area contributed by atoms with Gasteiger partial charge in [0.25, 0.3) is 11.5 Å². The number of ether oxygens (including phenoxy) is 2. The Kier molecular flexibility index (Phi) is 8.58. The van der Waals surface area contributed by atoms with Gasteiger partial charge < -0.3 is 25.1 Å². The molecular weight excluding hydrogens is 566 g/mol. The third-order valence-electron chi connectivity index (χ3n) is 6.89. The molecule has 1 amide bonds. The Morgan fingerprint density at radius 2 is 1.93 bits per heavy atom. The van der Waals surface area contributed by atoms with Crippen molar-refractivity contribution in [3.63, 3.8) is 0 Å². The second-order valence-electron chi connectivity index (χ2n) is 9.51. The van der Waals surface area contributed by atoms with Crippen molar-refractivity contribution in [3.05, 3.63) is 58.4 Å². The van der Waals surface area contributed by atoms with E-state index in [0.717, 1.165) is 6.54 Å². The number of likely N-dealkylation sites (N-methyl/N-ethyl adjacent to an activating group) is 1. The van der Waals surface area contributed by atoms with Crippen LogP contribution in [0.5, 0.6) is 5.88 Å². The summed E-state index contributed by atoms with van der Waals surface area (Å²) in [6.07, 6.45) is 2.81. The molecule has 16 heteroatoms. The standard InChI is InChI=1S/C26H31N9O6S/c1-3-33-8-10-34(11-9-33)42(38,39)18-14-19(26(29-15-18)41-13-12-40-2)24-30-20-21(23(27)36)32-35(22(20)25(37)31-24)16-17-6-4-5-7-28-17/h4-7,14-15H,3,8-13,16H2,1-2H3,(H2,27,36)(H,30,31,37). The number of hydrogen-bond acceptors (Lipinski definition) is 11. The average Bonchev–Trinajstić information content (AvgIpc) is 3.36. The summed E-state index contributed by atoms with van der Waals surface area (Å²) in [6, 6.07) is 6.63. The summed E-state index contributed by atoms with van der Waals surface area (Å²) < 4.78 is 40.7. The molecule has 0 unspecified atom stereocenters. The van der Waals surface area contributed by atoms with Crippen LogP contribution in [-0.4, -0.2) is 106 Å². The monoisotopic (exact) mass is 597 g/mol. The molecule has 0 aromatic carbocycles.